The molecule has 1 heterocycles. The van der Waals surface area contributed by atoms with Crippen molar-refractivity contribution in [3.05, 3.63) is 11.6 Å². The van der Waals surface area contributed by atoms with Crippen LogP contribution in [0.3, 0.4) is 0 Å². The summed E-state index contributed by atoms with van der Waals surface area (Å²) in [5.41, 5.74) is 2.43. The van der Waals surface area contributed by atoms with Gasteiger partial charge in [0, 0.05) is 11.8 Å². The van der Waals surface area contributed by atoms with Crippen LogP contribution in [0, 0.1) is 69.0 Å². The molecule has 4 fully saturated rings. The number of ketones is 1. The smallest absolute Gasteiger partial charge is 0.161 e. The molecule has 0 aromatic rings. The van der Waals surface area contributed by atoms with Crippen molar-refractivity contribution in [2.45, 2.75) is 166 Å². The van der Waals surface area contributed by atoms with Gasteiger partial charge >= 0.3 is 0 Å². The van der Waals surface area contributed by atoms with Crippen molar-refractivity contribution in [1.29, 1.82) is 0 Å². The highest BCUT2D eigenvalue weighted by Crippen LogP contribution is 2.72. The first-order valence-electron chi connectivity index (χ1n) is 18.5. The van der Waals surface area contributed by atoms with Gasteiger partial charge in [-0.05, 0) is 127 Å². The number of allylic oxidation sites excluding steroid dienone is 2. The first-order chi connectivity index (χ1) is 20.0. The van der Waals surface area contributed by atoms with Crippen molar-refractivity contribution in [2.24, 2.45) is 69.0 Å². The summed E-state index contributed by atoms with van der Waals surface area (Å²) in [6.07, 6.45) is 14.2. The highest BCUT2D eigenvalue weighted by molar-refractivity contribution is 5.94. The maximum Gasteiger partial charge on any atom is 0.161 e. The summed E-state index contributed by atoms with van der Waals surface area (Å²) in [6, 6.07) is 0. The minimum absolute atomic E-state index is 0.0574. The molecule has 1 saturated heterocycles. The van der Waals surface area contributed by atoms with Gasteiger partial charge in [-0.25, -0.2) is 0 Å². The van der Waals surface area contributed by atoms with Gasteiger partial charge in [0.1, 0.15) is 0 Å². The van der Waals surface area contributed by atoms with Gasteiger partial charge in [0.25, 0.3) is 0 Å². The Morgan fingerprint density at radius 3 is 2.30 bits per heavy atom. The molecule has 0 aromatic heterocycles. The predicted octanol–water partition coefficient (Wildman–Crippen LogP) is 10.7. The molecule has 5 aliphatic rings. The Kier molecular flexibility index (Phi) is 9.28. The fourth-order valence-corrected chi connectivity index (χ4v) is 11.3. The van der Waals surface area contributed by atoms with Crippen LogP contribution in [0.25, 0.3) is 0 Å². The van der Waals surface area contributed by atoms with E-state index in [1.165, 1.54) is 38.5 Å². The van der Waals surface area contributed by atoms with Gasteiger partial charge in [-0.15, -0.1) is 0 Å². The molecular weight excluding hydrogens is 528 g/mol. The minimum atomic E-state index is -0.146. The fraction of sp³-hybridized carbons (Fsp3) is 0.925. The zero-order valence-electron chi connectivity index (χ0n) is 30.2. The third kappa shape index (κ3) is 5.65. The SMILES string of the molecule is CCC1OC(O[C@H]2CC[C@]3(C)C4CC[C@]5(C)[C@@H]([C@H](C)[C@H](C)CCC(C)(C)C)CC[C@@]5(C)C4=CC(=O)[C@H]3C2)C(C)C(C)C1C. The van der Waals surface area contributed by atoms with Crippen molar-refractivity contribution >= 4 is 5.78 Å². The van der Waals surface area contributed by atoms with Crippen molar-refractivity contribution in [2.75, 3.05) is 0 Å². The van der Waals surface area contributed by atoms with Gasteiger partial charge in [0.05, 0.1) is 12.2 Å². The Hall–Kier alpha value is -0.670. The average molecular weight is 597 g/mol. The van der Waals surface area contributed by atoms with E-state index >= 15 is 0 Å². The molecule has 0 bridgehead atoms. The van der Waals surface area contributed by atoms with Crippen LogP contribution in [0.1, 0.15) is 147 Å². The number of carbonyl (C=O) groups is 1. The zero-order chi connectivity index (χ0) is 31.7. The van der Waals surface area contributed by atoms with Crippen molar-refractivity contribution in [3.8, 4) is 0 Å². The first-order valence-corrected chi connectivity index (χ1v) is 18.5. The number of hydrogen-bond donors (Lipinski definition) is 0. The van der Waals surface area contributed by atoms with Gasteiger partial charge in [-0.1, -0.05) is 88.7 Å². The third-order valence-electron chi connectivity index (χ3n) is 15.3. The molecule has 3 nitrogen and oxygen atoms in total. The Balaban J connectivity index is 1.32. The van der Waals surface area contributed by atoms with E-state index in [0.717, 1.165) is 43.4 Å². The molecule has 0 amide bonds. The summed E-state index contributed by atoms with van der Waals surface area (Å²) >= 11 is 0. The average Bonchev–Trinajstić information content (AvgIpc) is 3.23. The van der Waals surface area contributed by atoms with E-state index in [2.05, 4.69) is 89.2 Å². The summed E-state index contributed by atoms with van der Waals surface area (Å²) in [6.45, 7) is 29.1. The topological polar surface area (TPSA) is 35.5 Å². The maximum atomic E-state index is 14.2. The Morgan fingerprint density at radius 1 is 0.953 bits per heavy atom. The van der Waals surface area contributed by atoms with E-state index in [1.54, 1.807) is 5.57 Å². The van der Waals surface area contributed by atoms with Crippen LogP contribution >= 0.6 is 0 Å². The lowest BCUT2D eigenvalue weighted by molar-refractivity contribution is -0.271. The van der Waals surface area contributed by atoms with Crippen LogP contribution in [-0.4, -0.2) is 24.3 Å². The molecule has 5 rings (SSSR count). The molecule has 0 N–H and O–H groups in total. The van der Waals surface area contributed by atoms with Crippen LogP contribution in [0.5, 0.6) is 0 Å². The molecule has 3 heteroatoms. The molecule has 1 aliphatic heterocycles. The second-order valence-electron chi connectivity index (χ2n) is 18.5. The number of hydrogen-bond acceptors (Lipinski definition) is 3. The Labute approximate surface area is 266 Å². The van der Waals surface area contributed by atoms with E-state index in [-0.39, 0.29) is 40.7 Å². The van der Waals surface area contributed by atoms with Gasteiger partial charge < -0.3 is 9.47 Å². The standard InChI is InChI=1S/C40H68O3/c1-13-35-27(5)26(4)28(6)36(43-35)42-29-15-19-38(10)31-17-21-39(11)30(25(3)24(2)14-18-37(7,8)9)16-20-40(39,12)32(31)23-34(41)33(38)22-29/h23-31,33,35-36H,13-22H2,1-12H3/t24-,25-,26?,27?,28?,29+,30-,31?,33-,35?,36?,38-,39-,40+/m1/s1. The van der Waals surface area contributed by atoms with Gasteiger partial charge in [0.15, 0.2) is 12.1 Å². The Morgan fingerprint density at radius 2 is 1.65 bits per heavy atom. The molecule has 0 aromatic carbocycles. The van der Waals surface area contributed by atoms with Crippen molar-refractivity contribution in [3.63, 3.8) is 0 Å². The second kappa shape index (κ2) is 11.8. The molecule has 14 atom stereocenters. The van der Waals surface area contributed by atoms with Crippen LogP contribution < -0.4 is 0 Å². The summed E-state index contributed by atoms with van der Waals surface area (Å²) in [4.78, 5) is 14.2. The van der Waals surface area contributed by atoms with Crippen molar-refractivity contribution in [1.82, 2.24) is 0 Å². The largest absolute Gasteiger partial charge is 0.349 e. The van der Waals surface area contributed by atoms with Crippen LogP contribution in [0.4, 0.5) is 0 Å². The summed E-state index contributed by atoms with van der Waals surface area (Å²) < 4.78 is 13.3. The molecule has 43 heavy (non-hydrogen) atoms. The van der Waals surface area contributed by atoms with E-state index in [4.69, 9.17) is 9.47 Å². The number of rotatable bonds is 7. The number of fused-ring (bicyclic) bond motifs is 5. The summed E-state index contributed by atoms with van der Waals surface area (Å²) in [5, 5.41) is 0. The zero-order valence-corrected chi connectivity index (χ0v) is 30.2. The molecule has 0 radical (unpaired) electrons. The lowest BCUT2D eigenvalue weighted by Crippen LogP contribution is -2.56. The second-order valence-corrected chi connectivity index (χ2v) is 18.5. The van der Waals surface area contributed by atoms with Gasteiger partial charge in [-0.2, -0.15) is 0 Å². The Bertz CT molecular complexity index is 1050. The maximum absolute atomic E-state index is 14.2. The third-order valence-corrected chi connectivity index (χ3v) is 15.3. The lowest BCUT2D eigenvalue weighted by atomic mass is 9.43. The van der Waals surface area contributed by atoms with Gasteiger partial charge in [0.2, 0.25) is 0 Å². The van der Waals surface area contributed by atoms with Crippen LogP contribution in [0.2, 0.25) is 0 Å². The molecular formula is C40H68O3. The molecule has 4 aliphatic carbocycles. The predicted molar refractivity (Wildman–Crippen MR) is 179 cm³/mol. The quantitative estimate of drug-likeness (QED) is 0.293. The highest BCUT2D eigenvalue weighted by atomic mass is 16.7. The van der Waals surface area contributed by atoms with Crippen LogP contribution in [-0.2, 0) is 14.3 Å². The normalized spacial score (nSPS) is 48.1. The molecule has 0 spiro atoms. The first kappa shape index (κ1) is 33.7. The van der Waals surface area contributed by atoms with E-state index in [9.17, 15) is 4.79 Å². The lowest BCUT2D eigenvalue weighted by Gasteiger charge is -2.61. The van der Waals surface area contributed by atoms with E-state index in [0.29, 0.717) is 34.9 Å². The monoisotopic (exact) mass is 597 g/mol. The van der Waals surface area contributed by atoms with E-state index < -0.39 is 0 Å². The molecule has 246 valence electrons. The molecule has 3 saturated carbocycles. The number of ether oxygens (including phenoxy) is 2. The number of carbonyl (C=O) groups excluding carboxylic acids is 1. The van der Waals surface area contributed by atoms with Crippen LogP contribution in [0.15, 0.2) is 11.6 Å². The summed E-state index contributed by atoms with van der Waals surface area (Å²) in [7, 11) is 0. The highest BCUT2D eigenvalue weighted by Gasteiger charge is 2.65. The van der Waals surface area contributed by atoms with Gasteiger partial charge in [-0.3, -0.25) is 4.79 Å². The van der Waals surface area contributed by atoms with Crippen molar-refractivity contribution < 1.29 is 14.3 Å². The fourth-order valence-electron chi connectivity index (χ4n) is 11.3. The van der Waals surface area contributed by atoms with E-state index in [1.807, 2.05) is 0 Å². The summed E-state index contributed by atoms with van der Waals surface area (Å²) in [5.74, 6) is 4.75. The minimum Gasteiger partial charge on any atom is -0.349 e. The molecule has 6 unspecified atom stereocenters.